The first-order valence-electron chi connectivity index (χ1n) is 5.64. The molecule has 94 valence electrons. The quantitative estimate of drug-likeness (QED) is 0.782. The summed E-state index contributed by atoms with van der Waals surface area (Å²) in [5, 5.41) is 0.651. The van der Waals surface area contributed by atoms with Gasteiger partial charge in [-0.15, -0.1) is 0 Å². The predicted octanol–water partition coefficient (Wildman–Crippen LogP) is 2.43. The lowest BCUT2D eigenvalue weighted by Crippen LogP contribution is -2.32. The van der Waals surface area contributed by atoms with E-state index >= 15 is 0 Å². The number of hydrogen-bond donors (Lipinski definition) is 0. The Balaban J connectivity index is 2.26. The first-order valence-corrected chi connectivity index (χ1v) is 6.76. The smallest absolute Gasteiger partial charge is 0.255 e. The summed E-state index contributed by atoms with van der Waals surface area (Å²) in [4.78, 5) is 10.0. The fraction of sp³-hybridized carbons (Fsp3) is 0.636. The first-order chi connectivity index (χ1) is 8.22. The Morgan fingerprint density at radius 3 is 2.88 bits per heavy atom. The van der Waals surface area contributed by atoms with E-state index in [0.29, 0.717) is 17.7 Å². The highest BCUT2D eigenvalue weighted by Gasteiger charge is 2.22. The number of hydrogen-bond acceptors (Lipinski definition) is 3. The zero-order chi connectivity index (χ0) is 12.3. The van der Waals surface area contributed by atoms with E-state index in [-0.39, 0.29) is 6.54 Å². The molecule has 1 aromatic rings. The summed E-state index contributed by atoms with van der Waals surface area (Å²) in [6.45, 7) is 0.267. The molecule has 0 aliphatic heterocycles. The van der Waals surface area contributed by atoms with Gasteiger partial charge >= 0.3 is 0 Å². The minimum absolute atomic E-state index is 0.269. The van der Waals surface area contributed by atoms with Gasteiger partial charge in [0.25, 0.3) is 6.43 Å². The van der Waals surface area contributed by atoms with Gasteiger partial charge in [-0.2, -0.15) is 0 Å². The van der Waals surface area contributed by atoms with Crippen LogP contribution in [0.15, 0.2) is 6.33 Å². The van der Waals surface area contributed by atoms with Crippen molar-refractivity contribution < 1.29 is 8.78 Å². The fourth-order valence-electron chi connectivity index (χ4n) is 2.17. The molecule has 0 spiro atoms. The maximum atomic E-state index is 12.5. The van der Waals surface area contributed by atoms with E-state index in [1.165, 1.54) is 6.33 Å². The van der Waals surface area contributed by atoms with Gasteiger partial charge in [0.2, 0.25) is 0 Å². The maximum Gasteiger partial charge on any atom is 0.255 e. The third kappa shape index (κ3) is 2.91. The van der Waals surface area contributed by atoms with Gasteiger partial charge < -0.3 is 4.90 Å². The molecular weight excluding hydrogens is 292 g/mol. The van der Waals surface area contributed by atoms with Crippen LogP contribution in [0.4, 0.5) is 14.6 Å². The molecule has 17 heavy (non-hydrogen) atoms. The molecular formula is C11H14BrF2N3. The van der Waals surface area contributed by atoms with Crippen LogP contribution in [0.25, 0.3) is 0 Å². The fourth-order valence-corrected chi connectivity index (χ4v) is 2.60. The van der Waals surface area contributed by atoms with Crippen LogP contribution < -0.4 is 4.90 Å². The Labute approximate surface area is 107 Å². The first kappa shape index (κ1) is 12.7. The van der Waals surface area contributed by atoms with E-state index < -0.39 is 6.43 Å². The third-order valence-electron chi connectivity index (χ3n) is 2.86. The Bertz CT molecular complexity index is 387. The van der Waals surface area contributed by atoms with Crippen molar-refractivity contribution >= 4 is 21.7 Å². The minimum Gasteiger partial charge on any atom is -0.350 e. The van der Waals surface area contributed by atoms with Gasteiger partial charge in [-0.1, -0.05) is 15.9 Å². The van der Waals surface area contributed by atoms with Gasteiger partial charge in [0.15, 0.2) is 0 Å². The summed E-state index contributed by atoms with van der Waals surface area (Å²) in [6.07, 6.45) is 2.00. The number of aromatic nitrogens is 2. The van der Waals surface area contributed by atoms with Crippen molar-refractivity contribution in [3.63, 3.8) is 0 Å². The molecule has 0 atom stereocenters. The largest absolute Gasteiger partial charge is 0.350 e. The van der Waals surface area contributed by atoms with Crippen molar-refractivity contribution in [3.05, 3.63) is 17.6 Å². The summed E-state index contributed by atoms with van der Waals surface area (Å²) >= 11 is 3.29. The average molecular weight is 306 g/mol. The number of nitrogens with zero attached hydrogens (tertiary/aromatic N) is 3. The number of halogens is 3. The number of aryl methyl sites for hydroxylation is 1. The molecule has 3 nitrogen and oxygen atoms in total. The molecule has 1 aliphatic carbocycles. The molecule has 0 unspecified atom stereocenters. The van der Waals surface area contributed by atoms with E-state index in [4.69, 9.17) is 0 Å². The van der Waals surface area contributed by atoms with E-state index in [2.05, 4.69) is 25.9 Å². The van der Waals surface area contributed by atoms with Crippen LogP contribution in [0.1, 0.15) is 17.7 Å². The summed E-state index contributed by atoms with van der Waals surface area (Å²) in [6, 6.07) is 0. The van der Waals surface area contributed by atoms with Crippen LogP contribution in [0.2, 0.25) is 0 Å². The van der Waals surface area contributed by atoms with Gasteiger partial charge in [0.1, 0.15) is 12.1 Å². The lowest BCUT2D eigenvalue weighted by Gasteiger charge is -2.24. The molecule has 0 fully saturated rings. The minimum atomic E-state index is -2.35. The van der Waals surface area contributed by atoms with Crippen molar-refractivity contribution in [1.29, 1.82) is 0 Å². The molecule has 2 rings (SSSR count). The van der Waals surface area contributed by atoms with Crippen molar-refractivity contribution in [2.45, 2.75) is 25.7 Å². The molecule has 1 aromatic heterocycles. The van der Waals surface area contributed by atoms with Crippen molar-refractivity contribution in [2.75, 3.05) is 23.3 Å². The molecule has 0 saturated carbocycles. The van der Waals surface area contributed by atoms with Crippen LogP contribution in [-0.4, -0.2) is 34.8 Å². The van der Waals surface area contributed by atoms with Crippen LogP contribution in [0.3, 0.4) is 0 Å². The molecule has 0 saturated heterocycles. The second kappa shape index (κ2) is 5.71. The number of alkyl halides is 3. The van der Waals surface area contributed by atoms with E-state index in [9.17, 15) is 8.78 Å². The standard InChI is InChI=1S/C11H14BrF2N3/c12-4-5-17(6-10(13)14)11-8-2-1-3-9(8)15-7-16-11/h7,10H,1-6H2. The van der Waals surface area contributed by atoms with Gasteiger partial charge in [0, 0.05) is 23.1 Å². The van der Waals surface area contributed by atoms with Crippen molar-refractivity contribution in [1.82, 2.24) is 9.97 Å². The molecule has 0 amide bonds. The third-order valence-corrected chi connectivity index (χ3v) is 3.22. The highest BCUT2D eigenvalue weighted by Crippen LogP contribution is 2.28. The van der Waals surface area contributed by atoms with Gasteiger partial charge in [-0.25, -0.2) is 18.7 Å². The van der Waals surface area contributed by atoms with Crippen LogP contribution in [0, 0.1) is 0 Å². The molecule has 0 aromatic carbocycles. The monoisotopic (exact) mass is 305 g/mol. The molecule has 1 aliphatic rings. The predicted molar refractivity (Wildman–Crippen MR) is 66.1 cm³/mol. The molecule has 6 heteroatoms. The van der Waals surface area contributed by atoms with E-state index in [1.54, 1.807) is 4.90 Å². The Hall–Kier alpha value is -0.780. The molecule has 0 radical (unpaired) electrons. The zero-order valence-electron chi connectivity index (χ0n) is 9.37. The number of rotatable bonds is 5. The Morgan fingerprint density at radius 2 is 2.18 bits per heavy atom. The van der Waals surface area contributed by atoms with Gasteiger partial charge in [-0.05, 0) is 19.3 Å². The molecule has 1 heterocycles. The lowest BCUT2D eigenvalue weighted by atomic mass is 10.2. The van der Waals surface area contributed by atoms with Crippen molar-refractivity contribution in [3.8, 4) is 0 Å². The second-order valence-corrected chi connectivity index (χ2v) is 4.80. The van der Waals surface area contributed by atoms with Crippen LogP contribution in [0.5, 0.6) is 0 Å². The second-order valence-electron chi connectivity index (χ2n) is 4.00. The summed E-state index contributed by atoms with van der Waals surface area (Å²) < 4.78 is 25.1. The zero-order valence-corrected chi connectivity index (χ0v) is 11.0. The topological polar surface area (TPSA) is 29.0 Å². The summed E-state index contributed by atoms with van der Waals surface area (Å²) in [5.41, 5.74) is 2.07. The van der Waals surface area contributed by atoms with Gasteiger partial charge in [-0.3, -0.25) is 0 Å². The van der Waals surface area contributed by atoms with Crippen LogP contribution in [-0.2, 0) is 12.8 Å². The Morgan fingerprint density at radius 1 is 1.35 bits per heavy atom. The SMILES string of the molecule is FC(F)CN(CCBr)c1ncnc2c1CCC2. The van der Waals surface area contributed by atoms with E-state index in [0.717, 1.165) is 30.5 Å². The van der Waals surface area contributed by atoms with E-state index in [1.807, 2.05) is 0 Å². The summed E-state index contributed by atoms with van der Waals surface area (Å²) in [7, 11) is 0. The average Bonchev–Trinajstić information content (AvgIpc) is 2.75. The summed E-state index contributed by atoms with van der Waals surface area (Å²) in [5.74, 6) is 0.687. The van der Waals surface area contributed by atoms with Crippen LogP contribution >= 0.6 is 15.9 Å². The highest BCUT2D eigenvalue weighted by atomic mass is 79.9. The maximum absolute atomic E-state index is 12.5. The molecule has 0 N–H and O–H groups in total. The van der Waals surface area contributed by atoms with Gasteiger partial charge in [0.05, 0.1) is 6.54 Å². The highest BCUT2D eigenvalue weighted by molar-refractivity contribution is 9.09. The lowest BCUT2D eigenvalue weighted by molar-refractivity contribution is 0.155. The number of anilines is 1. The van der Waals surface area contributed by atoms with Crippen molar-refractivity contribution in [2.24, 2.45) is 0 Å². The normalized spacial score (nSPS) is 14.1. The number of fused-ring (bicyclic) bond motifs is 1. The Kier molecular flexibility index (Phi) is 4.25. The molecule has 0 bridgehead atoms.